The average Bonchev–Trinajstić information content (AvgIpc) is 3.51. The molecule has 0 aliphatic carbocycles. The van der Waals surface area contributed by atoms with Gasteiger partial charge in [-0.25, -0.2) is 15.0 Å². The minimum atomic E-state index is 0.164. The first-order chi connectivity index (χ1) is 23.4. The molecule has 6 aromatic carbocycles. The normalized spacial score (nSPS) is 11.3. The van der Waals surface area contributed by atoms with Gasteiger partial charge in [0.15, 0.2) is 17.5 Å². The lowest BCUT2D eigenvalue weighted by Crippen LogP contribution is -2.55. The van der Waals surface area contributed by atoms with Crippen molar-refractivity contribution in [3.8, 4) is 56.4 Å². The van der Waals surface area contributed by atoms with Gasteiger partial charge in [-0.05, 0) is 52.6 Å². The average molecular weight is 601 g/mol. The second kappa shape index (κ2) is 11.9. The predicted molar refractivity (Wildman–Crippen MR) is 201 cm³/mol. The summed E-state index contributed by atoms with van der Waals surface area (Å²) in [6.07, 6.45) is 0. The van der Waals surface area contributed by atoms with Crippen molar-refractivity contribution in [3.63, 3.8) is 0 Å². The summed E-state index contributed by atoms with van der Waals surface area (Å²) in [7, 11) is 31.2. The van der Waals surface area contributed by atoms with Crippen LogP contribution in [0.4, 0.5) is 0 Å². The highest BCUT2D eigenvalue weighted by molar-refractivity contribution is 6.68. The van der Waals surface area contributed by atoms with Gasteiger partial charge in [0.05, 0.1) is 0 Å². The van der Waals surface area contributed by atoms with Crippen LogP contribution >= 0.6 is 0 Å². The van der Waals surface area contributed by atoms with Crippen LogP contribution in [0.1, 0.15) is 0 Å². The molecule has 9 heteroatoms. The molecule has 0 N–H and O–H groups in total. The summed E-state index contributed by atoms with van der Waals surface area (Å²) >= 11 is 0. The summed E-state index contributed by atoms with van der Waals surface area (Å²) in [6, 6.07) is 39.9. The van der Waals surface area contributed by atoms with Gasteiger partial charge >= 0.3 is 0 Å². The maximum Gasteiger partial charge on any atom is 0.164 e. The molecule has 10 radical (unpaired) electrons. The molecule has 0 aliphatic heterocycles. The molecule has 8 rings (SSSR count). The minimum Gasteiger partial charge on any atom is -0.456 e. The fraction of sp³-hybridized carbons (Fsp3) is 0. The monoisotopic (exact) mass is 601 g/mol. The van der Waals surface area contributed by atoms with E-state index in [1.54, 1.807) is 0 Å². The van der Waals surface area contributed by atoms with Crippen LogP contribution in [-0.2, 0) is 0 Å². The molecule has 4 nitrogen and oxygen atoms in total. The van der Waals surface area contributed by atoms with Crippen LogP contribution in [0.15, 0.2) is 126 Å². The molecule has 8 aromatic rings. The van der Waals surface area contributed by atoms with Crippen molar-refractivity contribution in [2.24, 2.45) is 0 Å². The highest BCUT2D eigenvalue weighted by Gasteiger charge is 2.17. The SMILES string of the molecule is [B]c1c([B])c([B])c(-c2cccc(-c3nc(-c4ccccc4)nc(-c4ccc5c(c4)oc4ccc(-c6ccccc6)cc45)n3)c2)c([B])c1[B]. The quantitative estimate of drug-likeness (QED) is 0.280. The zero-order valence-corrected chi connectivity index (χ0v) is 25.7. The number of hydrogen-bond donors (Lipinski definition) is 0. The lowest BCUT2D eigenvalue weighted by molar-refractivity contribution is 0.669. The maximum atomic E-state index is 6.39. The highest BCUT2D eigenvalue weighted by Crippen LogP contribution is 2.35. The van der Waals surface area contributed by atoms with Gasteiger partial charge in [0.1, 0.15) is 50.4 Å². The first-order valence-electron chi connectivity index (χ1n) is 15.3. The van der Waals surface area contributed by atoms with E-state index in [1.807, 2.05) is 91.0 Å². The molecule has 0 saturated heterocycles. The maximum absolute atomic E-state index is 6.39. The molecule has 0 atom stereocenters. The number of hydrogen-bond acceptors (Lipinski definition) is 4. The molecule has 0 amide bonds. The van der Waals surface area contributed by atoms with E-state index in [0.29, 0.717) is 28.6 Å². The fourth-order valence-electron chi connectivity index (χ4n) is 6.05. The van der Waals surface area contributed by atoms with Gasteiger partial charge in [-0.15, -0.1) is 16.4 Å². The van der Waals surface area contributed by atoms with Crippen molar-refractivity contribution < 1.29 is 4.42 Å². The molecule has 0 unspecified atom stereocenters. The van der Waals surface area contributed by atoms with Gasteiger partial charge in [0, 0.05) is 27.5 Å². The fourth-order valence-corrected chi connectivity index (χ4v) is 6.05. The van der Waals surface area contributed by atoms with E-state index < -0.39 is 0 Å². The van der Waals surface area contributed by atoms with Crippen LogP contribution in [0.3, 0.4) is 0 Å². The smallest absolute Gasteiger partial charge is 0.164 e. The number of nitrogens with zero attached hydrogens (tertiary/aromatic N) is 3. The third-order valence-corrected chi connectivity index (χ3v) is 8.61. The van der Waals surface area contributed by atoms with Gasteiger partial charge < -0.3 is 4.42 Å². The van der Waals surface area contributed by atoms with Crippen molar-refractivity contribution >= 4 is 88.5 Å². The lowest BCUT2D eigenvalue weighted by atomic mass is 9.59. The van der Waals surface area contributed by atoms with E-state index in [0.717, 1.165) is 49.8 Å². The Labute approximate surface area is 284 Å². The molecule has 48 heavy (non-hydrogen) atoms. The van der Waals surface area contributed by atoms with E-state index in [2.05, 4.69) is 30.3 Å². The molecule has 0 saturated carbocycles. The first kappa shape index (κ1) is 29.8. The van der Waals surface area contributed by atoms with E-state index in [-0.39, 0.29) is 27.3 Å². The summed E-state index contributed by atoms with van der Waals surface area (Å²) < 4.78 is 6.33. The Kier molecular flexibility index (Phi) is 7.41. The second-order valence-corrected chi connectivity index (χ2v) is 11.6. The molecule has 2 aromatic heterocycles. The van der Waals surface area contributed by atoms with Crippen LogP contribution in [0.25, 0.3) is 78.4 Å². The summed E-state index contributed by atoms with van der Waals surface area (Å²) in [6.45, 7) is 0. The molecule has 0 fully saturated rings. The van der Waals surface area contributed by atoms with Gasteiger partial charge in [-0.3, -0.25) is 0 Å². The van der Waals surface area contributed by atoms with E-state index >= 15 is 0 Å². The van der Waals surface area contributed by atoms with Gasteiger partial charge in [0.2, 0.25) is 0 Å². The number of benzene rings is 6. The summed E-state index contributed by atoms with van der Waals surface area (Å²) in [5.74, 6) is 1.49. The Morgan fingerprint density at radius 3 is 1.54 bits per heavy atom. The summed E-state index contributed by atoms with van der Waals surface area (Å²) in [5.41, 5.74) is 8.43. The van der Waals surface area contributed by atoms with E-state index in [9.17, 15) is 0 Å². The highest BCUT2D eigenvalue weighted by atomic mass is 16.3. The van der Waals surface area contributed by atoms with E-state index in [1.165, 1.54) is 0 Å². The molecule has 0 aliphatic rings. The Morgan fingerprint density at radius 1 is 0.354 bits per heavy atom. The summed E-state index contributed by atoms with van der Waals surface area (Å²) in [5, 5.41) is 2.05. The Bertz CT molecular complexity index is 2490. The third kappa shape index (κ3) is 5.16. The van der Waals surface area contributed by atoms with Gasteiger partial charge in [0.25, 0.3) is 0 Å². The molecule has 2 heterocycles. The number of aromatic nitrogens is 3. The molecular weight excluding hydrogens is 581 g/mol. The molecular formula is C39H20B5N3O. The van der Waals surface area contributed by atoms with Crippen molar-refractivity contribution in [1.82, 2.24) is 15.0 Å². The van der Waals surface area contributed by atoms with Gasteiger partial charge in [-0.1, -0.05) is 102 Å². The van der Waals surface area contributed by atoms with Crippen molar-refractivity contribution in [2.45, 2.75) is 0 Å². The largest absolute Gasteiger partial charge is 0.456 e. The standard InChI is InChI=1S/C39H20B5N3O/c40-32-31(33(41)35(43)36(44)34(32)42)24-12-7-13-25(18-24)38-45-37(22-10-5-2-6-11-22)46-39(47-38)26-14-16-27-28-19-23(21-8-3-1-4-9-21)15-17-29(28)48-30(27)20-26/h1-20H. The topological polar surface area (TPSA) is 51.8 Å². The third-order valence-electron chi connectivity index (χ3n) is 8.61. The Morgan fingerprint density at radius 2 is 0.875 bits per heavy atom. The second-order valence-electron chi connectivity index (χ2n) is 11.6. The van der Waals surface area contributed by atoms with E-state index in [4.69, 9.17) is 58.6 Å². The van der Waals surface area contributed by atoms with Crippen molar-refractivity contribution in [1.29, 1.82) is 0 Å². The van der Waals surface area contributed by atoms with Crippen LogP contribution in [0.5, 0.6) is 0 Å². The number of furan rings is 1. The van der Waals surface area contributed by atoms with Crippen LogP contribution in [0, 0.1) is 0 Å². The number of fused-ring (bicyclic) bond motifs is 3. The predicted octanol–water partition coefficient (Wildman–Crippen LogP) is 4.08. The van der Waals surface area contributed by atoms with Crippen molar-refractivity contribution in [2.75, 3.05) is 0 Å². The van der Waals surface area contributed by atoms with Crippen LogP contribution in [0.2, 0.25) is 0 Å². The zero-order chi connectivity index (χ0) is 32.9. The lowest BCUT2D eigenvalue weighted by Gasteiger charge is -2.21. The zero-order valence-electron chi connectivity index (χ0n) is 25.7. The Balaban J connectivity index is 1.26. The molecule has 0 spiro atoms. The summed E-state index contributed by atoms with van der Waals surface area (Å²) in [4.78, 5) is 14.7. The molecule has 212 valence electrons. The van der Waals surface area contributed by atoms with Gasteiger partial charge in [-0.2, -0.15) is 0 Å². The molecule has 0 bridgehead atoms. The van der Waals surface area contributed by atoms with Crippen LogP contribution in [-0.4, -0.2) is 54.2 Å². The first-order valence-corrected chi connectivity index (χ1v) is 15.3. The number of rotatable bonds is 5. The Hall–Kier alpha value is -5.55. The van der Waals surface area contributed by atoms with Crippen molar-refractivity contribution in [3.05, 3.63) is 121 Å². The van der Waals surface area contributed by atoms with Crippen LogP contribution < -0.4 is 27.3 Å². The minimum absolute atomic E-state index is 0.164.